The zero-order valence-electron chi connectivity index (χ0n) is 10.9. The molecule has 0 atom stereocenters. The van der Waals surface area contributed by atoms with Crippen LogP contribution in [0.25, 0.3) is 4.96 Å². The van der Waals surface area contributed by atoms with E-state index in [1.807, 2.05) is 16.0 Å². The summed E-state index contributed by atoms with van der Waals surface area (Å²) in [6.07, 6.45) is 5.63. The predicted molar refractivity (Wildman–Crippen MR) is 81.6 cm³/mol. The summed E-state index contributed by atoms with van der Waals surface area (Å²) >= 11 is 3.25. The molecule has 0 radical (unpaired) electrons. The first-order valence-electron chi connectivity index (χ1n) is 6.70. The van der Waals surface area contributed by atoms with E-state index in [1.165, 1.54) is 35.3 Å². The van der Waals surface area contributed by atoms with E-state index in [9.17, 15) is 5.11 Å². The molecule has 1 aliphatic carbocycles. The lowest BCUT2D eigenvalue weighted by atomic mass is 10.1. The minimum Gasteiger partial charge on any atom is -0.390 e. The van der Waals surface area contributed by atoms with Crippen LogP contribution < -0.4 is 0 Å². The van der Waals surface area contributed by atoms with Crippen molar-refractivity contribution in [3.8, 4) is 0 Å². The van der Waals surface area contributed by atoms with Crippen LogP contribution in [0.1, 0.15) is 23.2 Å². The monoisotopic (exact) mass is 302 g/mol. The highest BCUT2D eigenvalue weighted by atomic mass is 32.2. The molecule has 0 saturated heterocycles. The molecule has 1 aromatic carbocycles. The molecule has 0 saturated carbocycles. The number of aliphatic hydroxyl groups excluding tert-OH is 1. The fourth-order valence-electron chi connectivity index (χ4n) is 2.76. The molecule has 2 aromatic heterocycles. The molecule has 2 heterocycles. The Balaban J connectivity index is 1.71. The third kappa shape index (κ3) is 1.97. The number of benzene rings is 1. The van der Waals surface area contributed by atoms with E-state index in [1.54, 1.807) is 23.1 Å². The van der Waals surface area contributed by atoms with E-state index in [0.29, 0.717) is 0 Å². The molecule has 1 aliphatic rings. The Bertz CT molecular complexity index is 775. The lowest BCUT2D eigenvalue weighted by molar-refractivity contribution is 0.272. The minimum absolute atomic E-state index is 0.0190. The average Bonchev–Trinajstić information content (AvgIpc) is 3.12. The highest BCUT2D eigenvalue weighted by Gasteiger charge is 2.15. The molecule has 1 N–H and O–H groups in total. The molecule has 5 heteroatoms. The molecule has 0 spiro atoms. The van der Waals surface area contributed by atoms with Gasteiger partial charge in [-0.2, -0.15) is 0 Å². The van der Waals surface area contributed by atoms with Crippen molar-refractivity contribution >= 4 is 28.1 Å². The van der Waals surface area contributed by atoms with E-state index in [4.69, 9.17) is 0 Å². The minimum atomic E-state index is 0.0190. The number of aromatic nitrogens is 2. The summed E-state index contributed by atoms with van der Waals surface area (Å²) < 4.78 is 1.97. The van der Waals surface area contributed by atoms with E-state index in [-0.39, 0.29) is 6.61 Å². The van der Waals surface area contributed by atoms with Gasteiger partial charge in [-0.15, -0.1) is 11.3 Å². The van der Waals surface area contributed by atoms with Gasteiger partial charge in [0.25, 0.3) is 0 Å². The third-order valence-electron chi connectivity index (χ3n) is 3.76. The number of hydrogen-bond donors (Lipinski definition) is 1. The molecule has 3 aromatic rings. The number of nitrogens with zero attached hydrogens (tertiary/aromatic N) is 2. The van der Waals surface area contributed by atoms with Gasteiger partial charge in [0, 0.05) is 16.5 Å². The Morgan fingerprint density at radius 3 is 3.10 bits per heavy atom. The van der Waals surface area contributed by atoms with Crippen molar-refractivity contribution in [2.24, 2.45) is 0 Å². The van der Waals surface area contributed by atoms with Crippen molar-refractivity contribution < 1.29 is 5.11 Å². The number of aryl methyl sites for hydroxylation is 2. The first-order chi connectivity index (χ1) is 9.85. The number of rotatable bonds is 3. The third-order valence-corrected chi connectivity index (χ3v) is 5.53. The second kappa shape index (κ2) is 4.91. The van der Waals surface area contributed by atoms with Crippen LogP contribution in [0.3, 0.4) is 0 Å². The van der Waals surface area contributed by atoms with Gasteiger partial charge in [-0.3, -0.25) is 4.40 Å². The van der Waals surface area contributed by atoms with E-state index in [0.717, 1.165) is 15.7 Å². The Hall–Kier alpha value is -1.30. The van der Waals surface area contributed by atoms with Crippen molar-refractivity contribution in [3.05, 3.63) is 46.6 Å². The van der Waals surface area contributed by atoms with Crippen LogP contribution in [0, 0.1) is 0 Å². The molecule has 0 amide bonds. The second-order valence-electron chi connectivity index (χ2n) is 4.96. The summed E-state index contributed by atoms with van der Waals surface area (Å²) in [4.78, 5) is 6.77. The van der Waals surface area contributed by atoms with Crippen molar-refractivity contribution in [1.29, 1.82) is 0 Å². The van der Waals surface area contributed by atoms with Crippen LogP contribution in [-0.2, 0) is 19.4 Å². The maximum Gasteiger partial charge on any atom is 0.195 e. The van der Waals surface area contributed by atoms with Crippen LogP contribution in [0.5, 0.6) is 0 Å². The largest absolute Gasteiger partial charge is 0.390 e. The van der Waals surface area contributed by atoms with Gasteiger partial charge in [0.15, 0.2) is 4.96 Å². The zero-order valence-corrected chi connectivity index (χ0v) is 12.5. The highest BCUT2D eigenvalue weighted by Crippen LogP contribution is 2.34. The molecule has 0 aliphatic heterocycles. The normalized spacial score (nSPS) is 14.1. The zero-order chi connectivity index (χ0) is 13.5. The smallest absolute Gasteiger partial charge is 0.195 e. The maximum absolute atomic E-state index is 9.59. The Morgan fingerprint density at radius 2 is 2.20 bits per heavy atom. The fourth-order valence-corrected chi connectivity index (χ4v) is 4.53. The Kier molecular flexibility index (Phi) is 3.06. The van der Waals surface area contributed by atoms with Crippen LogP contribution in [-0.4, -0.2) is 14.5 Å². The molecule has 0 fully saturated rings. The summed E-state index contributed by atoms with van der Waals surface area (Å²) in [5, 5.41) is 12.5. The van der Waals surface area contributed by atoms with Gasteiger partial charge in [0.2, 0.25) is 0 Å². The summed E-state index contributed by atoms with van der Waals surface area (Å²) in [5.74, 6) is 0. The summed E-state index contributed by atoms with van der Waals surface area (Å²) in [7, 11) is 0. The van der Waals surface area contributed by atoms with Gasteiger partial charge in [-0.25, -0.2) is 4.98 Å². The van der Waals surface area contributed by atoms with Crippen LogP contribution in [0.2, 0.25) is 0 Å². The van der Waals surface area contributed by atoms with Crippen LogP contribution in [0.15, 0.2) is 39.7 Å². The van der Waals surface area contributed by atoms with Crippen molar-refractivity contribution in [3.63, 3.8) is 0 Å². The fraction of sp³-hybridized carbons (Fsp3) is 0.267. The van der Waals surface area contributed by atoms with Gasteiger partial charge < -0.3 is 5.11 Å². The van der Waals surface area contributed by atoms with E-state index < -0.39 is 0 Å². The van der Waals surface area contributed by atoms with Crippen molar-refractivity contribution in [1.82, 2.24) is 9.38 Å². The molecule has 3 nitrogen and oxygen atoms in total. The molecule has 4 rings (SSSR count). The standard InChI is InChI=1S/C15H14N2OS2/c18-9-13-14(16-15-17(13)6-7-19-15)20-12-5-4-10-2-1-3-11(10)8-12/h4-8,18H,1-3,9H2. The summed E-state index contributed by atoms with van der Waals surface area (Å²) in [6, 6.07) is 6.69. The second-order valence-corrected chi connectivity index (χ2v) is 6.90. The molecule has 20 heavy (non-hydrogen) atoms. The van der Waals surface area contributed by atoms with Gasteiger partial charge in [0.05, 0.1) is 12.3 Å². The molecular formula is C15H14N2OS2. The summed E-state index contributed by atoms with van der Waals surface area (Å²) in [5.41, 5.74) is 3.84. The van der Waals surface area contributed by atoms with E-state index in [2.05, 4.69) is 23.2 Å². The average molecular weight is 302 g/mol. The van der Waals surface area contributed by atoms with E-state index >= 15 is 0 Å². The summed E-state index contributed by atoms with van der Waals surface area (Å²) in [6.45, 7) is 0.0190. The number of imidazole rings is 1. The Labute approximate surface area is 125 Å². The number of aliphatic hydroxyl groups is 1. The molecule has 102 valence electrons. The predicted octanol–water partition coefficient (Wildman–Crippen LogP) is 3.53. The first kappa shape index (κ1) is 12.4. The topological polar surface area (TPSA) is 37.5 Å². The van der Waals surface area contributed by atoms with Gasteiger partial charge in [0.1, 0.15) is 5.03 Å². The van der Waals surface area contributed by atoms with Gasteiger partial charge in [-0.05, 0) is 42.5 Å². The molecule has 0 bridgehead atoms. The lowest BCUT2D eigenvalue weighted by Gasteiger charge is -2.04. The number of thiazole rings is 1. The van der Waals surface area contributed by atoms with Gasteiger partial charge >= 0.3 is 0 Å². The maximum atomic E-state index is 9.59. The number of hydrogen-bond acceptors (Lipinski definition) is 4. The lowest BCUT2D eigenvalue weighted by Crippen LogP contribution is -1.91. The molecule has 0 unspecified atom stereocenters. The molecular weight excluding hydrogens is 288 g/mol. The van der Waals surface area contributed by atoms with Gasteiger partial charge in [-0.1, -0.05) is 17.8 Å². The quantitative estimate of drug-likeness (QED) is 0.804. The number of fused-ring (bicyclic) bond motifs is 2. The van der Waals surface area contributed by atoms with Crippen molar-refractivity contribution in [2.45, 2.75) is 35.8 Å². The van der Waals surface area contributed by atoms with Crippen LogP contribution >= 0.6 is 23.1 Å². The Morgan fingerprint density at radius 1 is 1.30 bits per heavy atom. The SMILES string of the molecule is OCc1c(Sc2ccc3c(c2)CCC3)nc2sccn12. The van der Waals surface area contributed by atoms with Crippen LogP contribution in [0.4, 0.5) is 0 Å². The first-order valence-corrected chi connectivity index (χ1v) is 8.40. The highest BCUT2D eigenvalue weighted by molar-refractivity contribution is 7.99. The van der Waals surface area contributed by atoms with Crippen molar-refractivity contribution in [2.75, 3.05) is 0 Å².